The van der Waals surface area contributed by atoms with Crippen molar-refractivity contribution in [1.82, 2.24) is 5.43 Å². The number of hydrogen-bond acceptors (Lipinski definition) is 3. The second-order valence-electron chi connectivity index (χ2n) is 6.18. The van der Waals surface area contributed by atoms with Gasteiger partial charge in [-0.05, 0) is 35.4 Å². The van der Waals surface area contributed by atoms with Crippen molar-refractivity contribution < 1.29 is 9.59 Å². The number of hydrazone groups is 1. The molecule has 7 heteroatoms. The number of halogens is 1. The van der Waals surface area contributed by atoms with Crippen LogP contribution in [0.3, 0.4) is 0 Å². The molecule has 26 heavy (non-hydrogen) atoms. The summed E-state index contributed by atoms with van der Waals surface area (Å²) >= 11 is 9.90. The highest BCUT2D eigenvalue weighted by atomic mass is 35.5. The van der Waals surface area contributed by atoms with Crippen molar-refractivity contribution in [3.63, 3.8) is 0 Å². The van der Waals surface area contributed by atoms with E-state index in [4.69, 9.17) is 11.6 Å². The minimum absolute atomic E-state index is 0.0475. The first-order valence-electron chi connectivity index (χ1n) is 8.16. The van der Waals surface area contributed by atoms with Gasteiger partial charge in [0.05, 0.1) is 12.3 Å². The third-order valence-electron chi connectivity index (χ3n) is 4.22. The van der Waals surface area contributed by atoms with Gasteiger partial charge in [0.15, 0.2) is 0 Å². The SMILES string of the molecule is CC1CC(=O)NN=C1c1ccc(N(Cc2ccc(Cl)cc2)C(=O)S)cc1. The number of nitrogens with one attached hydrogen (secondary N) is 1. The monoisotopic (exact) mass is 387 g/mol. The number of amides is 2. The quantitative estimate of drug-likeness (QED) is 0.770. The predicted molar refractivity (Wildman–Crippen MR) is 107 cm³/mol. The second kappa shape index (κ2) is 7.93. The van der Waals surface area contributed by atoms with Crippen LogP contribution in [0.15, 0.2) is 53.6 Å². The van der Waals surface area contributed by atoms with Crippen molar-refractivity contribution in [3.05, 3.63) is 64.7 Å². The molecule has 0 fully saturated rings. The van der Waals surface area contributed by atoms with Gasteiger partial charge in [0.25, 0.3) is 5.24 Å². The molecule has 2 aromatic carbocycles. The van der Waals surface area contributed by atoms with Crippen molar-refractivity contribution in [2.45, 2.75) is 19.9 Å². The molecule has 0 aliphatic carbocycles. The van der Waals surface area contributed by atoms with E-state index in [1.165, 1.54) is 0 Å². The summed E-state index contributed by atoms with van der Waals surface area (Å²) in [4.78, 5) is 24.9. The van der Waals surface area contributed by atoms with Gasteiger partial charge in [-0.15, -0.1) is 0 Å². The van der Waals surface area contributed by atoms with E-state index in [2.05, 4.69) is 23.2 Å². The molecule has 1 unspecified atom stereocenters. The third-order valence-corrected chi connectivity index (χ3v) is 4.71. The Balaban J connectivity index is 1.81. The molecule has 1 aliphatic rings. The van der Waals surface area contributed by atoms with Gasteiger partial charge in [0.1, 0.15) is 0 Å². The maximum Gasteiger partial charge on any atom is 0.283 e. The molecule has 5 nitrogen and oxygen atoms in total. The average molecular weight is 388 g/mol. The number of rotatable bonds is 4. The minimum Gasteiger partial charge on any atom is -0.299 e. The molecule has 0 spiro atoms. The highest BCUT2D eigenvalue weighted by Gasteiger charge is 2.22. The van der Waals surface area contributed by atoms with Crippen LogP contribution in [0.25, 0.3) is 0 Å². The van der Waals surface area contributed by atoms with Gasteiger partial charge in [0.2, 0.25) is 5.91 Å². The van der Waals surface area contributed by atoms with E-state index in [9.17, 15) is 9.59 Å². The van der Waals surface area contributed by atoms with Crippen LogP contribution in [-0.2, 0) is 11.3 Å². The van der Waals surface area contributed by atoms with E-state index in [1.807, 2.05) is 43.3 Å². The summed E-state index contributed by atoms with van der Waals surface area (Å²) in [6.07, 6.45) is 0.415. The highest BCUT2D eigenvalue weighted by Crippen LogP contribution is 2.23. The molecule has 0 radical (unpaired) electrons. The molecule has 0 saturated carbocycles. The van der Waals surface area contributed by atoms with Crippen LogP contribution < -0.4 is 10.3 Å². The van der Waals surface area contributed by atoms with Crippen molar-refractivity contribution in [3.8, 4) is 0 Å². The fourth-order valence-corrected chi connectivity index (χ4v) is 3.17. The molecule has 134 valence electrons. The molecule has 1 aliphatic heterocycles. The zero-order valence-corrected chi connectivity index (χ0v) is 15.8. The molecule has 2 aromatic rings. The lowest BCUT2D eigenvalue weighted by molar-refractivity contribution is -0.121. The number of carbonyl (C=O) groups excluding carboxylic acids is 2. The van der Waals surface area contributed by atoms with Crippen LogP contribution in [0.1, 0.15) is 24.5 Å². The Morgan fingerprint density at radius 1 is 1.23 bits per heavy atom. The lowest BCUT2D eigenvalue weighted by Gasteiger charge is -2.22. The first-order valence-corrected chi connectivity index (χ1v) is 8.98. The van der Waals surface area contributed by atoms with Crippen molar-refractivity contribution >= 4 is 46.8 Å². The minimum atomic E-state index is -0.344. The fourth-order valence-electron chi connectivity index (χ4n) is 2.86. The largest absolute Gasteiger partial charge is 0.299 e. The first kappa shape index (κ1) is 18.5. The third kappa shape index (κ3) is 4.26. The zero-order chi connectivity index (χ0) is 18.7. The smallest absolute Gasteiger partial charge is 0.283 e. The maximum absolute atomic E-state index is 12.0. The van der Waals surface area contributed by atoms with Gasteiger partial charge in [-0.25, -0.2) is 5.43 Å². The summed E-state index contributed by atoms with van der Waals surface area (Å²) < 4.78 is 0. The lowest BCUT2D eigenvalue weighted by atomic mass is 9.94. The zero-order valence-electron chi connectivity index (χ0n) is 14.1. The van der Waals surface area contributed by atoms with Gasteiger partial charge >= 0.3 is 0 Å². The molecular formula is C19H18ClN3O2S. The Hall–Kier alpha value is -2.31. The Morgan fingerprint density at radius 3 is 2.46 bits per heavy atom. The van der Waals surface area contributed by atoms with E-state index in [0.29, 0.717) is 18.0 Å². The van der Waals surface area contributed by atoms with E-state index in [0.717, 1.165) is 22.5 Å². The summed E-state index contributed by atoms with van der Waals surface area (Å²) in [6, 6.07) is 14.8. The van der Waals surface area contributed by atoms with Gasteiger partial charge in [0, 0.05) is 23.0 Å². The number of hydrogen-bond donors (Lipinski definition) is 2. The molecule has 1 N–H and O–H groups in total. The summed E-state index contributed by atoms with van der Waals surface area (Å²) in [5.41, 5.74) is 5.95. The van der Waals surface area contributed by atoms with E-state index < -0.39 is 0 Å². The number of thiol groups is 1. The number of anilines is 1. The Kier molecular flexibility index (Phi) is 5.64. The van der Waals surface area contributed by atoms with Crippen molar-refractivity contribution in [2.24, 2.45) is 11.0 Å². The van der Waals surface area contributed by atoms with E-state index >= 15 is 0 Å². The van der Waals surface area contributed by atoms with E-state index in [-0.39, 0.29) is 17.1 Å². The number of benzene rings is 2. The Bertz CT molecular complexity index is 850. The number of carbonyl (C=O) groups is 2. The van der Waals surface area contributed by atoms with Gasteiger partial charge in [-0.3, -0.25) is 14.5 Å². The van der Waals surface area contributed by atoms with Crippen LogP contribution in [0.4, 0.5) is 10.5 Å². The Morgan fingerprint density at radius 2 is 1.88 bits per heavy atom. The fraction of sp³-hybridized carbons (Fsp3) is 0.211. The van der Waals surface area contributed by atoms with Gasteiger partial charge < -0.3 is 0 Å². The second-order valence-corrected chi connectivity index (χ2v) is 7.00. The lowest BCUT2D eigenvalue weighted by Crippen LogP contribution is -2.32. The molecule has 2 amide bonds. The van der Waals surface area contributed by atoms with Crippen LogP contribution in [-0.4, -0.2) is 16.9 Å². The topological polar surface area (TPSA) is 61.8 Å². The molecular weight excluding hydrogens is 370 g/mol. The number of nitrogens with zero attached hydrogens (tertiary/aromatic N) is 2. The first-order chi connectivity index (χ1) is 12.4. The highest BCUT2D eigenvalue weighted by molar-refractivity contribution is 7.96. The van der Waals surface area contributed by atoms with Crippen LogP contribution in [0, 0.1) is 5.92 Å². The summed E-state index contributed by atoms with van der Waals surface area (Å²) in [5.74, 6) is -0.0287. The summed E-state index contributed by atoms with van der Waals surface area (Å²) in [7, 11) is 0. The molecule has 3 rings (SSSR count). The van der Waals surface area contributed by atoms with Gasteiger partial charge in [-0.1, -0.05) is 55.4 Å². The van der Waals surface area contributed by atoms with Crippen LogP contribution >= 0.6 is 24.2 Å². The molecule has 1 heterocycles. The molecule has 0 aromatic heterocycles. The van der Waals surface area contributed by atoms with Crippen molar-refractivity contribution in [2.75, 3.05) is 4.90 Å². The Labute approximate surface area is 162 Å². The van der Waals surface area contributed by atoms with Crippen LogP contribution in [0.5, 0.6) is 0 Å². The molecule has 0 saturated heterocycles. The summed E-state index contributed by atoms with van der Waals surface area (Å²) in [5, 5.41) is 4.46. The molecule has 1 atom stereocenters. The normalized spacial score (nSPS) is 16.7. The maximum atomic E-state index is 12.0. The summed E-state index contributed by atoms with van der Waals surface area (Å²) in [6.45, 7) is 2.36. The van der Waals surface area contributed by atoms with Crippen molar-refractivity contribution in [1.29, 1.82) is 0 Å². The standard InChI is InChI=1S/C19H18ClN3O2S/c1-12-10-17(24)21-22-18(12)14-4-8-16(9-5-14)23(19(25)26)11-13-2-6-15(20)7-3-13/h2-9,12H,10-11H2,1H3,(H,21,24)(H,25,26). The molecule has 0 bridgehead atoms. The van der Waals surface area contributed by atoms with E-state index in [1.54, 1.807) is 17.0 Å². The van der Waals surface area contributed by atoms with Crippen LogP contribution in [0.2, 0.25) is 5.02 Å². The van der Waals surface area contributed by atoms with Gasteiger partial charge in [-0.2, -0.15) is 5.10 Å². The average Bonchev–Trinajstić information content (AvgIpc) is 2.61. The predicted octanol–water partition coefficient (Wildman–Crippen LogP) is 4.26.